The molecule has 1 aromatic heterocycles. The Hall–Kier alpha value is 0.840. The highest BCUT2D eigenvalue weighted by Gasteiger charge is 2.17. The van der Waals surface area contributed by atoms with E-state index >= 15 is 0 Å². The average Bonchev–Trinajstić information content (AvgIpc) is 2.62. The third-order valence-corrected chi connectivity index (χ3v) is 7.06. The Labute approximate surface area is 138 Å². The van der Waals surface area contributed by atoms with Crippen LogP contribution in [0, 0.1) is 6.92 Å². The summed E-state index contributed by atoms with van der Waals surface area (Å²) in [6.07, 6.45) is 0. The molecule has 1 heterocycles. The van der Waals surface area contributed by atoms with Gasteiger partial charge >= 0.3 is 0 Å². The molecule has 0 aliphatic heterocycles. The number of aryl methyl sites for hydroxylation is 1. The summed E-state index contributed by atoms with van der Waals surface area (Å²) in [4.78, 5) is 2.81. The number of hydrogen-bond donors (Lipinski definition) is 0. The van der Waals surface area contributed by atoms with Gasteiger partial charge in [-0.3, -0.25) is 0 Å². The molecule has 0 spiro atoms. The second-order valence-electron chi connectivity index (χ2n) is 3.58. The number of benzene rings is 1. The molecule has 0 bridgehead atoms. The maximum Gasteiger partial charge on any atom is 0.0749 e. The van der Waals surface area contributed by atoms with Crippen LogP contribution in [-0.2, 0) is 0 Å². The minimum atomic E-state index is 0.212. The van der Waals surface area contributed by atoms with Crippen LogP contribution >= 0.6 is 75.1 Å². The fourth-order valence-corrected chi connectivity index (χ4v) is 4.98. The van der Waals surface area contributed by atoms with E-state index in [2.05, 4.69) is 88.8 Å². The first-order valence-electron chi connectivity index (χ1n) is 4.84. The highest BCUT2D eigenvalue weighted by Crippen LogP contribution is 2.41. The lowest BCUT2D eigenvalue weighted by Crippen LogP contribution is -1.91. The minimum Gasteiger partial charge on any atom is -0.143 e. The molecule has 2 rings (SSSR count). The van der Waals surface area contributed by atoms with E-state index in [0.29, 0.717) is 0 Å². The molecule has 0 N–H and O–H groups in total. The van der Waals surface area contributed by atoms with Crippen molar-refractivity contribution < 1.29 is 0 Å². The van der Waals surface area contributed by atoms with Crippen LogP contribution in [0.5, 0.6) is 0 Å². The van der Waals surface area contributed by atoms with Crippen molar-refractivity contribution >= 4 is 75.1 Å². The van der Waals surface area contributed by atoms with E-state index in [0.717, 1.165) is 8.95 Å². The zero-order chi connectivity index (χ0) is 12.6. The molecular formula is C12H8Br4S. The zero-order valence-corrected chi connectivity index (χ0v) is 16.0. The summed E-state index contributed by atoms with van der Waals surface area (Å²) >= 11 is 16.2. The Kier molecular flexibility index (Phi) is 4.92. The lowest BCUT2D eigenvalue weighted by atomic mass is 10.1. The van der Waals surface area contributed by atoms with Crippen molar-refractivity contribution in [2.45, 2.75) is 11.8 Å². The predicted molar refractivity (Wildman–Crippen MR) is 89.4 cm³/mol. The van der Waals surface area contributed by atoms with E-state index in [1.165, 1.54) is 19.8 Å². The molecule has 0 saturated carbocycles. The second kappa shape index (κ2) is 5.87. The number of rotatable bonds is 2. The Bertz CT molecular complexity index is 528. The molecule has 2 aromatic rings. The Morgan fingerprint density at radius 1 is 1.06 bits per heavy atom. The zero-order valence-electron chi connectivity index (χ0n) is 8.81. The van der Waals surface area contributed by atoms with Gasteiger partial charge in [-0.25, -0.2) is 0 Å². The normalized spacial score (nSPS) is 12.8. The van der Waals surface area contributed by atoms with Crippen molar-refractivity contribution in [3.63, 3.8) is 0 Å². The fourth-order valence-electron chi connectivity index (χ4n) is 1.47. The molecule has 90 valence electrons. The smallest absolute Gasteiger partial charge is 0.0749 e. The molecule has 1 atom stereocenters. The number of hydrogen-bond acceptors (Lipinski definition) is 1. The monoisotopic (exact) mass is 500 g/mol. The van der Waals surface area contributed by atoms with Crippen molar-refractivity contribution in [1.82, 2.24) is 0 Å². The van der Waals surface area contributed by atoms with Crippen molar-refractivity contribution in [1.29, 1.82) is 0 Å². The van der Waals surface area contributed by atoms with Crippen LogP contribution in [0.15, 0.2) is 37.7 Å². The maximum atomic E-state index is 3.77. The van der Waals surface area contributed by atoms with Crippen LogP contribution < -0.4 is 0 Å². The summed E-state index contributed by atoms with van der Waals surface area (Å²) in [7, 11) is 0. The largest absolute Gasteiger partial charge is 0.143 e. The number of thiophene rings is 1. The first kappa shape index (κ1) is 14.3. The lowest BCUT2D eigenvalue weighted by molar-refractivity contribution is 1.20. The lowest BCUT2D eigenvalue weighted by Gasteiger charge is -2.11. The van der Waals surface area contributed by atoms with Crippen LogP contribution in [0.1, 0.15) is 20.1 Å². The quantitative estimate of drug-likeness (QED) is 0.394. The Morgan fingerprint density at radius 2 is 1.76 bits per heavy atom. The van der Waals surface area contributed by atoms with E-state index in [4.69, 9.17) is 0 Å². The summed E-state index contributed by atoms with van der Waals surface area (Å²) in [5, 5.41) is 0. The van der Waals surface area contributed by atoms with Gasteiger partial charge in [-0.05, 0) is 52.7 Å². The van der Waals surface area contributed by atoms with Crippen LogP contribution in [0.3, 0.4) is 0 Å². The van der Waals surface area contributed by atoms with Gasteiger partial charge < -0.3 is 0 Å². The molecule has 0 amide bonds. The van der Waals surface area contributed by atoms with Crippen molar-refractivity contribution in [3.05, 3.63) is 53.0 Å². The van der Waals surface area contributed by atoms with Gasteiger partial charge in [0, 0.05) is 23.2 Å². The van der Waals surface area contributed by atoms with Crippen LogP contribution in [0.25, 0.3) is 0 Å². The molecule has 0 nitrogen and oxygen atoms in total. The molecule has 0 radical (unpaired) electrons. The molecule has 17 heavy (non-hydrogen) atoms. The van der Waals surface area contributed by atoms with Gasteiger partial charge in [0.1, 0.15) is 0 Å². The van der Waals surface area contributed by atoms with E-state index in [9.17, 15) is 0 Å². The van der Waals surface area contributed by atoms with Gasteiger partial charge in [-0.2, -0.15) is 0 Å². The third kappa shape index (κ3) is 3.24. The van der Waals surface area contributed by atoms with Crippen LogP contribution in [0.4, 0.5) is 0 Å². The van der Waals surface area contributed by atoms with Crippen LogP contribution in [-0.4, -0.2) is 0 Å². The van der Waals surface area contributed by atoms with Gasteiger partial charge in [0.05, 0.1) is 4.83 Å². The summed E-state index contributed by atoms with van der Waals surface area (Å²) in [5.74, 6) is 0. The first-order chi connectivity index (χ1) is 7.99. The summed E-state index contributed by atoms with van der Waals surface area (Å²) < 4.78 is 3.38. The predicted octanol–water partition coefficient (Wildman–Crippen LogP) is 6.83. The van der Waals surface area contributed by atoms with Crippen molar-refractivity contribution in [2.24, 2.45) is 0 Å². The van der Waals surface area contributed by atoms with E-state index < -0.39 is 0 Å². The molecule has 0 fully saturated rings. The number of alkyl halides is 1. The summed E-state index contributed by atoms with van der Waals surface area (Å²) in [5.41, 5.74) is 1.23. The van der Waals surface area contributed by atoms with Crippen LogP contribution in [0.2, 0.25) is 0 Å². The molecule has 0 aliphatic rings. The van der Waals surface area contributed by atoms with E-state index in [1.54, 1.807) is 11.3 Å². The van der Waals surface area contributed by atoms with E-state index in [1.807, 2.05) is 6.07 Å². The van der Waals surface area contributed by atoms with Gasteiger partial charge in [0.25, 0.3) is 0 Å². The minimum absolute atomic E-state index is 0.212. The van der Waals surface area contributed by atoms with Gasteiger partial charge in [0.2, 0.25) is 0 Å². The van der Waals surface area contributed by atoms with Crippen molar-refractivity contribution in [3.8, 4) is 0 Å². The number of halogens is 4. The van der Waals surface area contributed by atoms with Gasteiger partial charge in [0.15, 0.2) is 0 Å². The summed E-state index contributed by atoms with van der Waals surface area (Å²) in [6.45, 7) is 2.12. The highest BCUT2D eigenvalue weighted by atomic mass is 79.9. The third-order valence-electron chi connectivity index (χ3n) is 2.36. The van der Waals surface area contributed by atoms with E-state index in [-0.39, 0.29) is 4.83 Å². The van der Waals surface area contributed by atoms with Gasteiger partial charge in [-0.15, -0.1) is 11.3 Å². The Balaban J connectivity index is 2.42. The first-order valence-corrected chi connectivity index (χ1v) is 8.95. The Morgan fingerprint density at radius 3 is 2.35 bits per heavy atom. The highest BCUT2D eigenvalue weighted by molar-refractivity contribution is 9.11. The maximum absolute atomic E-state index is 3.77. The van der Waals surface area contributed by atoms with Crippen molar-refractivity contribution in [2.75, 3.05) is 0 Å². The SMILES string of the molecule is Cc1sc(C(Br)c2cc(Br)ccc2Br)cc1Br. The molecule has 5 heteroatoms. The van der Waals surface area contributed by atoms with Gasteiger partial charge in [-0.1, -0.05) is 47.8 Å². The summed E-state index contributed by atoms with van der Waals surface area (Å²) in [6, 6.07) is 8.39. The topological polar surface area (TPSA) is 0 Å². The molecule has 0 aliphatic carbocycles. The fraction of sp³-hybridized carbons (Fsp3) is 0.167. The average molecular weight is 504 g/mol. The second-order valence-corrected chi connectivity index (χ2v) is 8.41. The standard InChI is InChI=1S/C12H8Br4S/c1-6-10(15)5-11(17-6)12(16)8-4-7(13)2-3-9(8)14/h2-5,12H,1H3. The molecule has 1 aromatic carbocycles. The molecule has 1 unspecified atom stereocenters. The molecular weight excluding hydrogens is 496 g/mol. The molecule has 0 saturated heterocycles.